The average molecular weight is 349 g/mol. The molecule has 1 aromatic rings. The van der Waals surface area contributed by atoms with Gasteiger partial charge in [-0.3, -0.25) is 4.79 Å². The van der Waals surface area contributed by atoms with Crippen LogP contribution < -0.4 is 10.2 Å². The van der Waals surface area contributed by atoms with Gasteiger partial charge < -0.3 is 4.74 Å². The van der Waals surface area contributed by atoms with Crippen molar-refractivity contribution >= 4 is 23.2 Å². The van der Waals surface area contributed by atoms with Gasteiger partial charge in [-0.15, -0.1) is 0 Å². The van der Waals surface area contributed by atoms with Crippen molar-refractivity contribution in [2.45, 2.75) is 52.6 Å². The number of halogens is 1. The van der Waals surface area contributed by atoms with Gasteiger partial charge in [0.05, 0.1) is 0 Å². The van der Waals surface area contributed by atoms with Crippen molar-refractivity contribution < 1.29 is 9.53 Å². The highest BCUT2D eigenvalue weighted by molar-refractivity contribution is 6.30. The van der Waals surface area contributed by atoms with Gasteiger partial charge in [0.2, 0.25) is 0 Å². The van der Waals surface area contributed by atoms with E-state index in [9.17, 15) is 4.79 Å². The molecule has 1 amide bonds. The van der Waals surface area contributed by atoms with E-state index in [0.717, 1.165) is 23.1 Å². The molecule has 2 fully saturated rings. The van der Waals surface area contributed by atoms with Crippen molar-refractivity contribution in [1.82, 2.24) is 5.43 Å². The number of hydrogen-bond acceptors (Lipinski definition) is 3. The van der Waals surface area contributed by atoms with Crippen molar-refractivity contribution in [2.24, 2.45) is 22.9 Å². The van der Waals surface area contributed by atoms with Gasteiger partial charge in [-0.05, 0) is 75.6 Å². The van der Waals surface area contributed by atoms with Crippen LogP contribution in [0.25, 0.3) is 0 Å². The summed E-state index contributed by atoms with van der Waals surface area (Å²) in [5, 5.41) is 5.00. The molecule has 1 N–H and O–H groups in total. The molecule has 0 heterocycles. The lowest BCUT2D eigenvalue weighted by Gasteiger charge is -2.21. The van der Waals surface area contributed by atoms with Gasteiger partial charge in [0, 0.05) is 16.7 Å². The Balaban J connectivity index is 1.55. The van der Waals surface area contributed by atoms with Crippen molar-refractivity contribution in [1.29, 1.82) is 0 Å². The van der Waals surface area contributed by atoms with Crippen LogP contribution in [0.3, 0.4) is 0 Å². The Bertz CT molecular complexity index is 659. The lowest BCUT2D eigenvalue weighted by molar-refractivity contribution is -0.127. The van der Waals surface area contributed by atoms with E-state index in [1.807, 2.05) is 19.9 Å². The summed E-state index contributed by atoms with van der Waals surface area (Å²) in [4.78, 5) is 12.2. The maximum atomic E-state index is 12.2. The molecule has 0 spiro atoms. The van der Waals surface area contributed by atoms with E-state index in [2.05, 4.69) is 10.5 Å². The van der Waals surface area contributed by atoms with E-state index in [1.54, 1.807) is 19.1 Å². The second-order valence-electron chi connectivity index (χ2n) is 7.18. The molecule has 4 atom stereocenters. The predicted octanol–water partition coefficient (Wildman–Crippen LogP) is 4.34. The quantitative estimate of drug-likeness (QED) is 0.635. The number of rotatable bonds is 5. The zero-order valence-corrected chi connectivity index (χ0v) is 15.3. The number of nitrogens with zero attached hydrogens (tertiary/aromatic N) is 1. The number of ether oxygens (including phenoxy) is 1. The molecule has 2 saturated carbocycles. The molecule has 0 unspecified atom stereocenters. The third-order valence-electron chi connectivity index (χ3n) is 5.43. The molecule has 0 radical (unpaired) electrons. The highest BCUT2D eigenvalue weighted by Crippen LogP contribution is 2.48. The number of carbonyl (C=O) groups is 1. The van der Waals surface area contributed by atoms with Crippen molar-refractivity contribution in [3.63, 3.8) is 0 Å². The largest absolute Gasteiger partial charge is 0.481 e. The summed E-state index contributed by atoms with van der Waals surface area (Å²) in [6.45, 7) is 5.66. The first-order valence-electron chi connectivity index (χ1n) is 8.71. The van der Waals surface area contributed by atoms with E-state index in [4.69, 9.17) is 16.3 Å². The number of amides is 1. The summed E-state index contributed by atoms with van der Waals surface area (Å²) < 4.78 is 5.73. The van der Waals surface area contributed by atoms with Crippen molar-refractivity contribution in [3.8, 4) is 5.75 Å². The topological polar surface area (TPSA) is 50.7 Å². The Hall–Kier alpha value is -1.55. The minimum absolute atomic E-state index is 0.230. The van der Waals surface area contributed by atoms with Gasteiger partial charge in [-0.1, -0.05) is 18.0 Å². The number of fused-ring (bicyclic) bond motifs is 2. The maximum absolute atomic E-state index is 12.2. The lowest BCUT2D eigenvalue weighted by atomic mass is 9.86. The fourth-order valence-corrected chi connectivity index (χ4v) is 4.29. The summed E-state index contributed by atoms with van der Waals surface area (Å²) in [6, 6.07) is 5.36. The monoisotopic (exact) mass is 348 g/mol. The number of benzene rings is 1. The van der Waals surface area contributed by atoms with E-state index in [-0.39, 0.29) is 5.91 Å². The number of carbonyl (C=O) groups excluding carboxylic acids is 1. The third kappa shape index (κ3) is 3.75. The maximum Gasteiger partial charge on any atom is 0.280 e. The van der Waals surface area contributed by atoms with Gasteiger partial charge in [0.1, 0.15) is 5.75 Å². The van der Waals surface area contributed by atoms with Gasteiger partial charge in [0.25, 0.3) is 5.91 Å². The fraction of sp³-hybridized carbons (Fsp3) is 0.579. The molecule has 130 valence electrons. The number of aryl methyl sites for hydroxylation is 1. The van der Waals surface area contributed by atoms with Crippen LogP contribution in [0.1, 0.15) is 45.1 Å². The SMILES string of the molecule is C/C(=N\NC(=O)[C@@H](C)Oc1ccc(Cl)cc1C)[C@@H]1C[C@H]2CC[C@H]1C2. The van der Waals surface area contributed by atoms with Crippen molar-refractivity contribution in [3.05, 3.63) is 28.8 Å². The lowest BCUT2D eigenvalue weighted by Crippen LogP contribution is -2.34. The molecule has 0 saturated heterocycles. The molecule has 4 nitrogen and oxygen atoms in total. The van der Waals surface area contributed by atoms with Crippen LogP contribution in [0.2, 0.25) is 5.02 Å². The van der Waals surface area contributed by atoms with Gasteiger partial charge >= 0.3 is 0 Å². The minimum Gasteiger partial charge on any atom is -0.481 e. The molecule has 2 aliphatic rings. The highest BCUT2D eigenvalue weighted by Gasteiger charge is 2.40. The minimum atomic E-state index is -0.610. The molecule has 0 aromatic heterocycles. The standard InChI is InChI=1S/C19H25ClN2O2/c1-11-8-16(20)6-7-18(11)24-13(3)19(23)22-21-12(2)17-10-14-4-5-15(17)9-14/h6-8,13-15,17H,4-5,9-10H2,1-3H3,(H,22,23)/b21-12+/t13-,14+,15+,17+/m1/s1. The Kier molecular flexibility index (Phi) is 5.14. The van der Waals surface area contributed by atoms with Gasteiger partial charge in [0.15, 0.2) is 6.10 Å². The molecule has 5 heteroatoms. The van der Waals surface area contributed by atoms with E-state index < -0.39 is 6.10 Å². The first-order chi connectivity index (χ1) is 11.4. The van der Waals surface area contributed by atoms with Crippen LogP contribution in [0.5, 0.6) is 5.75 Å². The molecular formula is C19H25ClN2O2. The fourth-order valence-electron chi connectivity index (χ4n) is 4.06. The first kappa shape index (κ1) is 17.3. The van der Waals surface area contributed by atoms with Crippen LogP contribution >= 0.6 is 11.6 Å². The Morgan fingerprint density at radius 2 is 2.17 bits per heavy atom. The molecule has 1 aromatic carbocycles. The highest BCUT2D eigenvalue weighted by atomic mass is 35.5. The summed E-state index contributed by atoms with van der Waals surface area (Å²) in [7, 11) is 0. The van der Waals surface area contributed by atoms with Crippen LogP contribution in [-0.4, -0.2) is 17.7 Å². The van der Waals surface area contributed by atoms with E-state index in [1.165, 1.54) is 25.7 Å². The molecule has 0 aliphatic heterocycles. The Labute approximate surface area is 148 Å². The van der Waals surface area contributed by atoms with E-state index in [0.29, 0.717) is 16.7 Å². The van der Waals surface area contributed by atoms with Crippen LogP contribution in [0.4, 0.5) is 0 Å². The number of nitrogens with one attached hydrogen (secondary N) is 1. The normalized spacial score (nSPS) is 27.2. The van der Waals surface area contributed by atoms with Crippen LogP contribution in [0.15, 0.2) is 23.3 Å². The average Bonchev–Trinajstić information content (AvgIpc) is 3.17. The third-order valence-corrected chi connectivity index (χ3v) is 5.66. The molecule has 2 aliphatic carbocycles. The zero-order chi connectivity index (χ0) is 17.3. The van der Waals surface area contributed by atoms with Crippen molar-refractivity contribution in [2.75, 3.05) is 0 Å². The molecule has 3 rings (SSSR count). The van der Waals surface area contributed by atoms with Gasteiger partial charge in [-0.25, -0.2) is 5.43 Å². The molecular weight excluding hydrogens is 324 g/mol. The zero-order valence-electron chi connectivity index (χ0n) is 14.5. The summed E-state index contributed by atoms with van der Waals surface area (Å²) >= 11 is 5.94. The Morgan fingerprint density at radius 3 is 2.79 bits per heavy atom. The molecule has 2 bridgehead atoms. The number of hydrazone groups is 1. The summed E-state index contributed by atoms with van der Waals surface area (Å²) in [5.74, 6) is 2.61. The smallest absolute Gasteiger partial charge is 0.280 e. The predicted molar refractivity (Wildman–Crippen MR) is 96.5 cm³/mol. The van der Waals surface area contributed by atoms with Gasteiger partial charge in [-0.2, -0.15) is 5.10 Å². The van der Waals surface area contributed by atoms with Crippen LogP contribution in [0, 0.1) is 24.7 Å². The number of hydrogen-bond donors (Lipinski definition) is 1. The first-order valence-corrected chi connectivity index (χ1v) is 9.08. The van der Waals surface area contributed by atoms with Crippen LogP contribution in [-0.2, 0) is 4.79 Å². The Morgan fingerprint density at radius 1 is 1.38 bits per heavy atom. The summed E-state index contributed by atoms with van der Waals surface area (Å²) in [5.41, 5.74) is 4.62. The molecule has 24 heavy (non-hydrogen) atoms. The second kappa shape index (κ2) is 7.14. The van der Waals surface area contributed by atoms with E-state index >= 15 is 0 Å². The second-order valence-corrected chi connectivity index (χ2v) is 7.62. The summed E-state index contributed by atoms with van der Waals surface area (Å²) in [6.07, 6.45) is 4.63.